The molecule has 2 N–H and O–H groups in total. The second kappa shape index (κ2) is 6.72. The Morgan fingerprint density at radius 2 is 2.21 bits per heavy atom. The summed E-state index contributed by atoms with van der Waals surface area (Å²) in [6.45, 7) is 6.10. The first-order chi connectivity index (χ1) is 9.02. The summed E-state index contributed by atoms with van der Waals surface area (Å²) < 4.78 is 7.45. The maximum Gasteiger partial charge on any atom is 0.183 e. The van der Waals surface area contributed by atoms with Crippen molar-refractivity contribution in [3.63, 3.8) is 0 Å². The van der Waals surface area contributed by atoms with Crippen molar-refractivity contribution >= 4 is 31.9 Å². The van der Waals surface area contributed by atoms with Crippen molar-refractivity contribution in [2.75, 3.05) is 33.2 Å². The Morgan fingerprint density at radius 3 is 2.79 bits per heavy atom. The van der Waals surface area contributed by atoms with E-state index in [2.05, 4.69) is 55.6 Å². The number of nitrogens with zero attached hydrogens (tertiary/aromatic N) is 2. The molecule has 1 aliphatic rings. The highest BCUT2D eigenvalue weighted by molar-refractivity contribution is 9.13. The average Bonchev–Trinajstić information content (AvgIpc) is 2.57. The van der Waals surface area contributed by atoms with Gasteiger partial charge in [-0.05, 0) is 64.9 Å². The fraction of sp³-hybridized carbons (Fsp3) is 0.692. The van der Waals surface area contributed by atoms with Gasteiger partial charge in [0.25, 0.3) is 0 Å². The lowest BCUT2D eigenvalue weighted by Crippen LogP contribution is -2.42. The summed E-state index contributed by atoms with van der Waals surface area (Å²) in [5, 5.41) is 0. The Hall–Kier alpha value is 0.120. The van der Waals surface area contributed by atoms with Crippen molar-refractivity contribution in [2.24, 2.45) is 5.73 Å². The van der Waals surface area contributed by atoms with Crippen LogP contribution in [-0.2, 0) is 0 Å². The van der Waals surface area contributed by atoms with Crippen LogP contribution >= 0.6 is 31.9 Å². The van der Waals surface area contributed by atoms with Crippen LogP contribution < -0.4 is 5.73 Å². The second-order valence-electron chi connectivity index (χ2n) is 5.22. The molecule has 2 heterocycles. The van der Waals surface area contributed by atoms with Crippen LogP contribution in [0.3, 0.4) is 0 Å². The third kappa shape index (κ3) is 3.61. The van der Waals surface area contributed by atoms with Crippen LogP contribution in [0.4, 0.5) is 0 Å². The molecule has 1 saturated heterocycles. The molecule has 1 aromatic heterocycles. The number of furan rings is 1. The quantitative estimate of drug-likeness (QED) is 0.856. The first-order valence-electron chi connectivity index (χ1n) is 6.62. The molecule has 0 radical (unpaired) electrons. The average molecular weight is 395 g/mol. The molecule has 0 saturated carbocycles. The van der Waals surface area contributed by atoms with Gasteiger partial charge in [-0.1, -0.05) is 0 Å². The Labute approximate surface area is 131 Å². The van der Waals surface area contributed by atoms with E-state index >= 15 is 0 Å². The maximum atomic E-state index is 6.00. The van der Waals surface area contributed by atoms with Crippen LogP contribution in [0.2, 0.25) is 0 Å². The standard InChI is InChI=1S/C13H21Br2N3O/c1-9-8-17(2)4-3-5-18(9)11(7-16)12-6-10(14)13(15)19-12/h6,9,11H,3-5,7-8,16H2,1-2H3. The Bertz CT molecular complexity index is 405. The minimum Gasteiger partial charge on any atom is -0.451 e. The zero-order chi connectivity index (χ0) is 14.0. The van der Waals surface area contributed by atoms with Crippen LogP contribution in [0, 0.1) is 0 Å². The van der Waals surface area contributed by atoms with Crippen LogP contribution in [0.5, 0.6) is 0 Å². The van der Waals surface area contributed by atoms with Gasteiger partial charge in [-0.2, -0.15) is 0 Å². The third-order valence-electron chi connectivity index (χ3n) is 3.71. The van der Waals surface area contributed by atoms with Crippen LogP contribution in [-0.4, -0.2) is 49.1 Å². The minimum atomic E-state index is 0.143. The molecular formula is C13H21Br2N3O. The van der Waals surface area contributed by atoms with Gasteiger partial charge >= 0.3 is 0 Å². The molecule has 4 nitrogen and oxygen atoms in total. The Balaban J connectivity index is 2.20. The molecule has 0 aromatic carbocycles. The predicted octanol–water partition coefficient (Wildman–Crippen LogP) is 2.83. The molecule has 0 aliphatic carbocycles. The summed E-state index contributed by atoms with van der Waals surface area (Å²) in [5.74, 6) is 0.928. The van der Waals surface area contributed by atoms with Gasteiger partial charge in [-0.3, -0.25) is 4.90 Å². The molecule has 1 fully saturated rings. The summed E-state index contributed by atoms with van der Waals surface area (Å²) >= 11 is 6.87. The SMILES string of the molecule is CC1CN(C)CCCN1C(CN)c1cc(Br)c(Br)o1. The van der Waals surface area contributed by atoms with Crippen LogP contribution in [0.15, 0.2) is 19.6 Å². The summed E-state index contributed by atoms with van der Waals surface area (Å²) in [6.07, 6.45) is 1.17. The number of nitrogens with two attached hydrogens (primary N) is 1. The van der Waals surface area contributed by atoms with Gasteiger partial charge in [-0.15, -0.1) is 0 Å². The number of hydrogen-bond donors (Lipinski definition) is 1. The van der Waals surface area contributed by atoms with E-state index in [1.165, 1.54) is 6.42 Å². The molecule has 108 valence electrons. The fourth-order valence-corrected chi connectivity index (χ4v) is 3.40. The van der Waals surface area contributed by atoms with E-state index < -0.39 is 0 Å². The van der Waals surface area contributed by atoms with Gasteiger partial charge in [0.15, 0.2) is 4.67 Å². The van der Waals surface area contributed by atoms with E-state index in [9.17, 15) is 0 Å². The molecule has 2 atom stereocenters. The first kappa shape index (κ1) is 15.5. The van der Waals surface area contributed by atoms with Gasteiger partial charge in [0.05, 0.1) is 10.5 Å². The lowest BCUT2D eigenvalue weighted by molar-refractivity contribution is 0.130. The van der Waals surface area contributed by atoms with Gasteiger partial charge in [0.1, 0.15) is 5.76 Å². The minimum absolute atomic E-state index is 0.143. The smallest absolute Gasteiger partial charge is 0.183 e. The molecule has 2 rings (SSSR count). The van der Waals surface area contributed by atoms with Gasteiger partial charge in [0.2, 0.25) is 0 Å². The first-order valence-corrected chi connectivity index (χ1v) is 8.20. The maximum absolute atomic E-state index is 6.00. The van der Waals surface area contributed by atoms with Gasteiger partial charge in [-0.25, -0.2) is 0 Å². The molecule has 1 aliphatic heterocycles. The molecule has 1 aromatic rings. The van der Waals surface area contributed by atoms with E-state index in [-0.39, 0.29) is 6.04 Å². The fourth-order valence-electron chi connectivity index (χ4n) is 2.80. The highest BCUT2D eigenvalue weighted by Crippen LogP contribution is 2.33. The zero-order valence-electron chi connectivity index (χ0n) is 11.4. The monoisotopic (exact) mass is 393 g/mol. The Morgan fingerprint density at radius 1 is 1.47 bits per heavy atom. The summed E-state index contributed by atoms with van der Waals surface area (Å²) in [7, 11) is 2.18. The highest BCUT2D eigenvalue weighted by Gasteiger charge is 2.29. The molecule has 0 spiro atoms. The summed E-state index contributed by atoms with van der Waals surface area (Å²) in [5.41, 5.74) is 6.00. The molecular weight excluding hydrogens is 374 g/mol. The molecule has 6 heteroatoms. The molecule has 0 amide bonds. The number of likely N-dealkylation sites (N-methyl/N-ethyl adjacent to an activating group) is 1. The molecule has 0 bridgehead atoms. The van der Waals surface area contributed by atoms with E-state index in [0.717, 1.165) is 34.5 Å². The number of halogens is 2. The lowest BCUT2D eigenvalue weighted by atomic mass is 10.1. The van der Waals surface area contributed by atoms with Crippen molar-refractivity contribution in [3.8, 4) is 0 Å². The van der Waals surface area contributed by atoms with Crippen LogP contribution in [0.1, 0.15) is 25.1 Å². The van der Waals surface area contributed by atoms with Crippen molar-refractivity contribution in [1.29, 1.82) is 0 Å². The van der Waals surface area contributed by atoms with Crippen molar-refractivity contribution in [3.05, 3.63) is 21.0 Å². The second-order valence-corrected chi connectivity index (χ2v) is 6.80. The van der Waals surface area contributed by atoms with Gasteiger partial charge in [0, 0.05) is 25.7 Å². The van der Waals surface area contributed by atoms with E-state index in [4.69, 9.17) is 10.2 Å². The third-order valence-corrected chi connectivity index (χ3v) is 5.42. The normalized spacial score (nSPS) is 24.4. The number of rotatable bonds is 3. The molecule has 2 unspecified atom stereocenters. The predicted molar refractivity (Wildman–Crippen MR) is 84.2 cm³/mol. The van der Waals surface area contributed by atoms with Crippen LogP contribution in [0.25, 0.3) is 0 Å². The van der Waals surface area contributed by atoms with Crippen molar-refractivity contribution in [1.82, 2.24) is 9.80 Å². The lowest BCUT2D eigenvalue weighted by Gasteiger charge is -2.33. The van der Waals surface area contributed by atoms with E-state index in [1.807, 2.05) is 6.07 Å². The topological polar surface area (TPSA) is 45.6 Å². The van der Waals surface area contributed by atoms with E-state index in [0.29, 0.717) is 12.6 Å². The zero-order valence-corrected chi connectivity index (χ0v) is 14.6. The number of hydrogen-bond acceptors (Lipinski definition) is 4. The summed E-state index contributed by atoms with van der Waals surface area (Å²) in [6, 6.07) is 2.64. The molecule has 19 heavy (non-hydrogen) atoms. The van der Waals surface area contributed by atoms with Crippen molar-refractivity contribution < 1.29 is 4.42 Å². The van der Waals surface area contributed by atoms with Gasteiger partial charge < -0.3 is 15.1 Å². The summed E-state index contributed by atoms with van der Waals surface area (Å²) in [4.78, 5) is 4.84. The van der Waals surface area contributed by atoms with Crippen molar-refractivity contribution in [2.45, 2.75) is 25.4 Å². The van der Waals surface area contributed by atoms with E-state index in [1.54, 1.807) is 0 Å². The largest absolute Gasteiger partial charge is 0.451 e. The Kier molecular flexibility index (Phi) is 5.48. The highest BCUT2D eigenvalue weighted by atomic mass is 79.9.